The Morgan fingerprint density at radius 3 is 2.48 bits per heavy atom. The van der Waals surface area contributed by atoms with Crippen molar-refractivity contribution < 1.29 is 4.79 Å². The average Bonchev–Trinajstić information content (AvgIpc) is 2.97. The summed E-state index contributed by atoms with van der Waals surface area (Å²) in [5.74, 6) is -0.878. The fraction of sp³-hybridized carbons (Fsp3) is 0.150. The molecule has 0 aliphatic carbocycles. The van der Waals surface area contributed by atoms with Gasteiger partial charge in [0, 0.05) is 16.6 Å². The Bertz CT molecular complexity index is 1120. The van der Waals surface area contributed by atoms with Gasteiger partial charge in [-0.15, -0.1) is 11.3 Å². The molecule has 3 aromatic rings. The fourth-order valence-corrected chi connectivity index (χ4v) is 5.00. The van der Waals surface area contributed by atoms with Crippen LogP contribution in [0.2, 0.25) is 5.02 Å². The SMILES string of the molecule is Cc1ccc(-n2c3c(sc2=S)C(c2ccc(Cl)cc2)C(C#N)C(=O)N3)cc1. The third kappa shape index (κ3) is 3.08. The number of nitrogens with one attached hydrogen (secondary N) is 1. The molecular weight excluding hydrogens is 398 g/mol. The Kier molecular flexibility index (Phi) is 4.60. The van der Waals surface area contributed by atoms with Gasteiger partial charge in [0.1, 0.15) is 11.7 Å². The van der Waals surface area contributed by atoms with Crippen LogP contribution in [0.25, 0.3) is 5.69 Å². The highest BCUT2D eigenvalue weighted by Gasteiger charge is 2.40. The van der Waals surface area contributed by atoms with Crippen molar-refractivity contribution in [3.63, 3.8) is 0 Å². The summed E-state index contributed by atoms with van der Waals surface area (Å²) in [5.41, 5.74) is 2.89. The first-order valence-electron chi connectivity index (χ1n) is 8.28. The molecule has 4 rings (SSSR count). The van der Waals surface area contributed by atoms with Crippen LogP contribution in [-0.4, -0.2) is 10.5 Å². The highest BCUT2D eigenvalue weighted by atomic mass is 35.5. The third-order valence-corrected chi connectivity index (χ3v) is 6.35. The Balaban J connectivity index is 1.93. The van der Waals surface area contributed by atoms with Gasteiger partial charge in [-0.2, -0.15) is 5.26 Å². The third-order valence-electron chi connectivity index (χ3n) is 4.64. The molecule has 0 fully saturated rings. The molecule has 2 unspecified atom stereocenters. The lowest BCUT2D eigenvalue weighted by molar-refractivity contribution is -0.119. The molecule has 1 aromatic heterocycles. The van der Waals surface area contributed by atoms with Gasteiger partial charge in [0.2, 0.25) is 5.91 Å². The number of hydrogen-bond donors (Lipinski definition) is 1. The lowest BCUT2D eigenvalue weighted by Gasteiger charge is -2.27. The van der Waals surface area contributed by atoms with E-state index in [4.69, 9.17) is 23.8 Å². The number of carbonyl (C=O) groups is 1. The van der Waals surface area contributed by atoms with E-state index in [1.807, 2.05) is 47.9 Å². The van der Waals surface area contributed by atoms with E-state index in [2.05, 4.69) is 11.4 Å². The molecule has 1 aliphatic rings. The van der Waals surface area contributed by atoms with Gasteiger partial charge in [-0.05, 0) is 49.0 Å². The van der Waals surface area contributed by atoms with Crippen LogP contribution in [0, 0.1) is 28.1 Å². The van der Waals surface area contributed by atoms with Gasteiger partial charge in [-0.3, -0.25) is 9.36 Å². The summed E-state index contributed by atoms with van der Waals surface area (Å²) in [6.45, 7) is 2.02. The monoisotopic (exact) mass is 411 g/mol. The molecule has 2 heterocycles. The zero-order valence-corrected chi connectivity index (χ0v) is 16.7. The molecule has 0 radical (unpaired) electrons. The maximum Gasteiger partial charge on any atom is 0.243 e. The quantitative estimate of drug-likeness (QED) is 0.570. The number of amides is 1. The summed E-state index contributed by atoms with van der Waals surface area (Å²) in [7, 11) is 0. The predicted octanol–water partition coefficient (Wildman–Crippen LogP) is 5.45. The molecule has 2 aromatic carbocycles. The highest BCUT2D eigenvalue weighted by Crippen LogP contribution is 2.45. The number of nitrogens with zero attached hydrogens (tertiary/aromatic N) is 2. The lowest BCUT2D eigenvalue weighted by atomic mass is 9.83. The van der Waals surface area contributed by atoms with Gasteiger partial charge in [-0.1, -0.05) is 41.4 Å². The molecule has 7 heteroatoms. The molecule has 1 aliphatic heterocycles. The minimum Gasteiger partial charge on any atom is -0.310 e. The van der Waals surface area contributed by atoms with E-state index >= 15 is 0 Å². The van der Waals surface area contributed by atoms with Gasteiger partial charge < -0.3 is 5.32 Å². The molecule has 0 saturated heterocycles. The number of thiazole rings is 1. The molecule has 2 atom stereocenters. The van der Waals surface area contributed by atoms with Crippen molar-refractivity contribution >= 4 is 46.9 Å². The largest absolute Gasteiger partial charge is 0.310 e. The molecule has 0 saturated carbocycles. The summed E-state index contributed by atoms with van der Waals surface area (Å²) >= 11 is 13.0. The topological polar surface area (TPSA) is 57.8 Å². The van der Waals surface area contributed by atoms with E-state index in [1.165, 1.54) is 11.3 Å². The normalized spacial score (nSPS) is 18.5. The van der Waals surface area contributed by atoms with Crippen LogP contribution in [0.4, 0.5) is 5.82 Å². The molecule has 134 valence electrons. The van der Waals surface area contributed by atoms with Crippen molar-refractivity contribution in [3.8, 4) is 11.8 Å². The number of halogens is 1. The molecule has 0 bridgehead atoms. The van der Waals surface area contributed by atoms with Crippen LogP contribution in [0.3, 0.4) is 0 Å². The minimum atomic E-state index is -0.821. The van der Waals surface area contributed by atoms with E-state index in [9.17, 15) is 10.1 Å². The van der Waals surface area contributed by atoms with Gasteiger partial charge in [0.15, 0.2) is 3.95 Å². The Labute approximate surface area is 170 Å². The number of rotatable bonds is 2. The van der Waals surface area contributed by atoms with Crippen LogP contribution in [0.15, 0.2) is 48.5 Å². The number of fused-ring (bicyclic) bond motifs is 1. The number of nitriles is 1. The predicted molar refractivity (Wildman–Crippen MR) is 110 cm³/mol. The number of hydrogen-bond acceptors (Lipinski definition) is 4. The van der Waals surface area contributed by atoms with Crippen molar-refractivity contribution in [1.82, 2.24) is 4.57 Å². The number of aryl methyl sites for hydroxylation is 1. The smallest absolute Gasteiger partial charge is 0.243 e. The van der Waals surface area contributed by atoms with Gasteiger partial charge in [0.05, 0.1) is 10.9 Å². The number of benzene rings is 2. The van der Waals surface area contributed by atoms with Crippen LogP contribution in [0.1, 0.15) is 21.9 Å². The van der Waals surface area contributed by atoms with Gasteiger partial charge in [-0.25, -0.2) is 0 Å². The summed E-state index contributed by atoms with van der Waals surface area (Å²) in [6, 6.07) is 17.4. The van der Waals surface area contributed by atoms with Crippen molar-refractivity contribution in [2.75, 3.05) is 5.32 Å². The van der Waals surface area contributed by atoms with E-state index < -0.39 is 5.92 Å². The van der Waals surface area contributed by atoms with Crippen LogP contribution in [0.5, 0.6) is 0 Å². The molecular formula is C20H14ClN3OS2. The number of carbonyl (C=O) groups excluding carboxylic acids is 1. The minimum absolute atomic E-state index is 0.321. The second-order valence-electron chi connectivity index (χ2n) is 6.38. The molecule has 4 nitrogen and oxygen atoms in total. The van der Waals surface area contributed by atoms with Crippen molar-refractivity contribution in [2.24, 2.45) is 5.92 Å². The summed E-state index contributed by atoms with van der Waals surface area (Å²) < 4.78 is 2.49. The van der Waals surface area contributed by atoms with Gasteiger partial charge in [0.25, 0.3) is 0 Å². The summed E-state index contributed by atoms with van der Waals surface area (Å²) in [5, 5.41) is 13.1. The average molecular weight is 412 g/mol. The second-order valence-corrected chi connectivity index (χ2v) is 8.49. The molecule has 27 heavy (non-hydrogen) atoms. The zero-order valence-electron chi connectivity index (χ0n) is 14.3. The first-order chi connectivity index (χ1) is 13.0. The second kappa shape index (κ2) is 6.93. The van der Waals surface area contributed by atoms with Gasteiger partial charge >= 0.3 is 0 Å². The standard InChI is InChI=1S/C20H14ClN3OS2/c1-11-2-8-14(9-3-11)24-18-17(27-20(24)26)16(15(10-22)19(25)23-18)12-4-6-13(21)7-5-12/h2-9,15-16H,1H3,(H,23,25). The molecule has 1 amide bonds. The highest BCUT2D eigenvalue weighted by molar-refractivity contribution is 7.73. The van der Waals surface area contributed by atoms with Crippen LogP contribution >= 0.6 is 35.2 Å². The fourth-order valence-electron chi connectivity index (χ4n) is 3.29. The van der Waals surface area contributed by atoms with Crippen LogP contribution in [-0.2, 0) is 4.79 Å². The van der Waals surface area contributed by atoms with E-state index in [1.54, 1.807) is 12.1 Å². The Hall–Kier alpha value is -2.46. The zero-order chi connectivity index (χ0) is 19.1. The first kappa shape index (κ1) is 17.9. The Morgan fingerprint density at radius 2 is 1.85 bits per heavy atom. The Morgan fingerprint density at radius 1 is 1.19 bits per heavy atom. The van der Waals surface area contributed by atoms with E-state index in [-0.39, 0.29) is 11.8 Å². The summed E-state index contributed by atoms with van der Waals surface area (Å²) in [6.07, 6.45) is 0. The van der Waals surface area contributed by atoms with Crippen molar-refractivity contribution in [3.05, 3.63) is 73.5 Å². The van der Waals surface area contributed by atoms with E-state index in [0.29, 0.717) is 14.8 Å². The van der Waals surface area contributed by atoms with Crippen LogP contribution < -0.4 is 5.32 Å². The van der Waals surface area contributed by atoms with E-state index in [0.717, 1.165) is 21.7 Å². The lowest BCUT2D eigenvalue weighted by Crippen LogP contribution is -2.33. The number of aromatic nitrogens is 1. The molecule has 0 spiro atoms. The molecule has 1 N–H and O–H groups in total. The maximum absolute atomic E-state index is 12.7. The maximum atomic E-state index is 12.7. The number of anilines is 1. The van der Waals surface area contributed by atoms with Crippen molar-refractivity contribution in [1.29, 1.82) is 5.26 Å². The summed E-state index contributed by atoms with van der Waals surface area (Å²) in [4.78, 5) is 13.6. The van der Waals surface area contributed by atoms with Crippen molar-refractivity contribution in [2.45, 2.75) is 12.8 Å². The first-order valence-corrected chi connectivity index (χ1v) is 9.88.